The molecule has 0 spiro atoms. The summed E-state index contributed by atoms with van der Waals surface area (Å²) < 4.78 is 2.90. The summed E-state index contributed by atoms with van der Waals surface area (Å²) in [5.41, 5.74) is 2.92. The normalized spacial score (nSPS) is 13.7. The number of thiophene rings is 4. The summed E-state index contributed by atoms with van der Waals surface area (Å²) in [7, 11) is 0. The Labute approximate surface area is 226 Å². The van der Waals surface area contributed by atoms with E-state index in [0.717, 1.165) is 11.8 Å². The molecule has 4 aromatic heterocycles. The zero-order valence-electron chi connectivity index (χ0n) is 21.4. The smallest absolute Gasteiger partial charge is 0.0442 e. The average molecular weight is 537 g/mol. The largest absolute Gasteiger partial charge is 0.143 e. The van der Waals surface area contributed by atoms with E-state index in [1.807, 2.05) is 45.3 Å². The van der Waals surface area contributed by atoms with Crippen LogP contribution in [0.3, 0.4) is 0 Å². The molecule has 5 aromatic rings. The molecule has 184 valence electrons. The maximum atomic E-state index is 2.40. The van der Waals surface area contributed by atoms with Crippen molar-refractivity contribution in [3.63, 3.8) is 0 Å². The molecule has 4 heteroatoms. The summed E-state index contributed by atoms with van der Waals surface area (Å²) in [6.45, 7) is 9.33. The quantitative estimate of drug-likeness (QED) is 0.157. The minimum atomic E-state index is 0.745. The Hall–Kier alpha value is -1.46. The van der Waals surface area contributed by atoms with E-state index in [4.69, 9.17) is 0 Å². The van der Waals surface area contributed by atoms with Crippen LogP contribution in [0.15, 0.2) is 47.2 Å². The standard InChI is InChI=1S/C31H36S4/c1-5-8-9-21(7-3)19-23-11-13-27(35-23)29-25-15-17-32-30(25)28(24-14-16-33-31(24)29)26-12-10-22(34-26)18-20(4)6-2/h10-17,20-21H,5-9,18-19H2,1-4H3. The Morgan fingerprint density at radius 3 is 1.77 bits per heavy atom. The van der Waals surface area contributed by atoms with E-state index >= 15 is 0 Å². The van der Waals surface area contributed by atoms with Crippen LogP contribution in [-0.4, -0.2) is 0 Å². The van der Waals surface area contributed by atoms with Crippen molar-refractivity contribution in [1.82, 2.24) is 0 Å². The van der Waals surface area contributed by atoms with Crippen LogP contribution < -0.4 is 0 Å². The molecule has 1 aromatic carbocycles. The van der Waals surface area contributed by atoms with Crippen molar-refractivity contribution in [3.05, 3.63) is 56.9 Å². The summed E-state index contributed by atoms with van der Waals surface area (Å²) in [5.74, 6) is 1.56. The minimum absolute atomic E-state index is 0.745. The van der Waals surface area contributed by atoms with Gasteiger partial charge in [-0.1, -0.05) is 59.8 Å². The summed E-state index contributed by atoms with van der Waals surface area (Å²) in [6.07, 6.45) is 8.96. The van der Waals surface area contributed by atoms with Gasteiger partial charge in [0.1, 0.15) is 0 Å². The lowest BCUT2D eigenvalue weighted by Crippen LogP contribution is -2.01. The van der Waals surface area contributed by atoms with Crippen molar-refractivity contribution in [1.29, 1.82) is 0 Å². The van der Waals surface area contributed by atoms with Gasteiger partial charge in [0.25, 0.3) is 0 Å². The Balaban J connectivity index is 1.56. The van der Waals surface area contributed by atoms with Crippen LogP contribution in [0.25, 0.3) is 41.1 Å². The Morgan fingerprint density at radius 1 is 0.686 bits per heavy atom. The van der Waals surface area contributed by atoms with Gasteiger partial charge in [0.05, 0.1) is 0 Å². The number of benzene rings is 1. The van der Waals surface area contributed by atoms with Crippen LogP contribution in [0, 0.1) is 11.8 Å². The van der Waals surface area contributed by atoms with E-state index < -0.39 is 0 Å². The first-order valence-electron chi connectivity index (χ1n) is 13.2. The monoisotopic (exact) mass is 536 g/mol. The van der Waals surface area contributed by atoms with Gasteiger partial charge in [-0.3, -0.25) is 0 Å². The van der Waals surface area contributed by atoms with E-state index in [1.165, 1.54) is 90.9 Å². The van der Waals surface area contributed by atoms with E-state index in [1.54, 1.807) is 4.88 Å². The molecule has 5 rings (SSSR count). The minimum Gasteiger partial charge on any atom is -0.143 e. The molecule has 0 aliphatic carbocycles. The van der Waals surface area contributed by atoms with Crippen molar-refractivity contribution in [3.8, 4) is 20.9 Å². The number of hydrogen-bond acceptors (Lipinski definition) is 4. The summed E-state index contributed by atoms with van der Waals surface area (Å²) in [6, 6.07) is 14.3. The third kappa shape index (κ3) is 5.18. The van der Waals surface area contributed by atoms with Gasteiger partial charge in [-0.15, -0.1) is 45.3 Å². The topological polar surface area (TPSA) is 0 Å². The van der Waals surface area contributed by atoms with Gasteiger partial charge < -0.3 is 0 Å². The first-order valence-corrected chi connectivity index (χ1v) is 16.6. The number of hydrogen-bond donors (Lipinski definition) is 0. The summed E-state index contributed by atoms with van der Waals surface area (Å²) in [4.78, 5) is 5.94. The lowest BCUT2D eigenvalue weighted by Gasteiger charge is -2.13. The molecular weight excluding hydrogens is 501 g/mol. The molecule has 0 bridgehead atoms. The molecule has 35 heavy (non-hydrogen) atoms. The second-order valence-corrected chi connectivity index (χ2v) is 14.1. The molecule has 0 aliphatic rings. The predicted octanol–water partition coefficient (Wildman–Crippen LogP) is 11.9. The van der Waals surface area contributed by atoms with Gasteiger partial charge in [0.15, 0.2) is 0 Å². The number of fused-ring (bicyclic) bond motifs is 2. The van der Waals surface area contributed by atoms with E-state index in [2.05, 4.69) is 74.9 Å². The van der Waals surface area contributed by atoms with Crippen LogP contribution in [0.4, 0.5) is 0 Å². The molecule has 0 saturated carbocycles. The number of unbranched alkanes of at least 4 members (excludes halogenated alkanes) is 1. The van der Waals surface area contributed by atoms with Gasteiger partial charge in [-0.25, -0.2) is 0 Å². The van der Waals surface area contributed by atoms with Crippen LogP contribution >= 0.6 is 45.3 Å². The molecular formula is C31H36S4. The third-order valence-corrected chi connectivity index (χ3v) is 11.5. The fraction of sp³-hybridized carbons (Fsp3) is 0.419. The second-order valence-electron chi connectivity index (χ2n) is 9.95. The van der Waals surface area contributed by atoms with Crippen molar-refractivity contribution < 1.29 is 0 Å². The summed E-state index contributed by atoms with van der Waals surface area (Å²) in [5, 5.41) is 7.45. The zero-order chi connectivity index (χ0) is 24.4. The van der Waals surface area contributed by atoms with E-state index in [9.17, 15) is 0 Å². The lowest BCUT2D eigenvalue weighted by atomic mass is 9.95. The molecule has 0 N–H and O–H groups in total. The van der Waals surface area contributed by atoms with Crippen LogP contribution in [0.1, 0.15) is 69.6 Å². The molecule has 0 nitrogen and oxygen atoms in total. The number of rotatable bonds is 11. The highest BCUT2D eigenvalue weighted by Crippen LogP contribution is 2.50. The second kappa shape index (κ2) is 11.3. The maximum Gasteiger partial charge on any atom is 0.0442 e. The van der Waals surface area contributed by atoms with Crippen LogP contribution in [0.2, 0.25) is 0 Å². The molecule has 0 amide bonds. The molecule has 0 saturated heterocycles. The third-order valence-electron chi connectivity index (χ3n) is 7.42. The predicted molar refractivity (Wildman–Crippen MR) is 164 cm³/mol. The van der Waals surface area contributed by atoms with Crippen molar-refractivity contribution in [2.24, 2.45) is 11.8 Å². The van der Waals surface area contributed by atoms with Gasteiger partial charge in [0.2, 0.25) is 0 Å². The van der Waals surface area contributed by atoms with Gasteiger partial charge >= 0.3 is 0 Å². The zero-order valence-corrected chi connectivity index (χ0v) is 24.6. The van der Waals surface area contributed by atoms with E-state index in [-0.39, 0.29) is 0 Å². The Bertz CT molecular complexity index is 1340. The van der Waals surface area contributed by atoms with Crippen molar-refractivity contribution in [2.75, 3.05) is 0 Å². The highest BCUT2D eigenvalue weighted by Gasteiger charge is 2.21. The van der Waals surface area contributed by atoms with Gasteiger partial charge in [0, 0.05) is 50.8 Å². The Kier molecular flexibility index (Phi) is 8.13. The fourth-order valence-electron chi connectivity index (χ4n) is 5.09. The first kappa shape index (κ1) is 25.2. The molecule has 0 radical (unpaired) electrons. The van der Waals surface area contributed by atoms with Crippen molar-refractivity contribution in [2.45, 2.75) is 72.6 Å². The lowest BCUT2D eigenvalue weighted by molar-refractivity contribution is 0.452. The van der Waals surface area contributed by atoms with Crippen LogP contribution in [-0.2, 0) is 12.8 Å². The summed E-state index contributed by atoms with van der Waals surface area (Å²) >= 11 is 7.85. The van der Waals surface area contributed by atoms with Gasteiger partial charge in [-0.05, 0) is 71.8 Å². The highest BCUT2D eigenvalue weighted by molar-refractivity contribution is 7.22. The average Bonchev–Trinajstić information content (AvgIpc) is 3.67. The van der Waals surface area contributed by atoms with E-state index in [0.29, 0.717) is 0 Å². The van der Waals surface area contributed by atoms with Gasteiger partial charge in [-0.2, -0.15) is 0 Å². The molecule has 0 aliphatic heterocycles. The molecule has 0 fully saturated rings. The first-order chi connectivity index (χ1) is 17.1. The SMILES string of the molecule is CCCCC(CC)Cc1ccc(-c2c3ccsc3c(-c3ccc(CC(C)CC)s3)c3ccsc23)s1. The highest BCUT2D eigenvalue weighted by atomic mass is 32.1. The van der Waals surface area contributed by atoms with Crippen molar-refractivity contribution >= 4 is 65.5 Å². The van der Waals surface area contributed by atoms with Crippen LogP contribution in [0.5, 0.6) is 0 Å². The molecule has 4 heterocycles. The maximum absolute atomic E-state index is 2.40. The Morgan fingerprint density at radius 2 is 1.26 bits per heavy atom. The molecule has 2 atom stereocenters. The fourth-order valence-corrected chi connectivity index (χ4v) is 9.60. The molecule has 2 unspecified atom stereocenters.